The number of sulfone groups is 1. The number of halogens is 2. The Bertz CT molecular complexity index is 1450. The van der Waals surface area contributed by atoms with Crippen molar-refractivity contribution in [3.05, 3.63) is 88.7 Å². The van der Waals surface area contributed by atoms with E-state index in [4.69, 9.17) is 28.2 Å². The van der Waals surface area contributed by atoms with Crippen LogP contribution in [0.25, 0.3) is 28.2 Å². The Hall–Kier alpha value is -2.64. The maximum Gasteiger partial charge on any atom is 0.175 e. The van der Waals surface area contributed by atoms with E-state index in [1.807, 2.05) is 54.9 Å². The molecule has 0 saturated carbocycles. The molecule has 35 heavy (non-hydrogen) atoms. The largest absolute Gasteiger partial charge is 0.384 e. The van der Waals surface area contributed by atoms with Crippen molar-refractivity contribution < 1.29 is 13.5 Å². The second-order valence-corrected chi connectivity index (χ2v) is 11.3. The smallest absolute Gasteiger partial charge is 0.175 e. The van der Waals surface area contributed by atoms with Crippen LogP contribution in [0, 0.1) is 0 Å². The molecule has 4 aromatic rings. The van der Waals surface area contributed by atoms with Crippen molar-refractivity contribution in [3.8, 4) is 28.2 Å². The van der Waals surface area contributed by atoms with Gasteiger partial charge in [-0.15, -0.1) is 0 Å². The van der Waals surface area contributed by atoms with E-state index < -0.39 is 15.4 Å². The molecular weight excluding hydrogens is 503 g/mol. The van der Waals surface area contributed by atoms with Gasteiger partial charge in [0, 0.05) is 18.1 Å². The van der Waals surface area contributed by atoms with Gasteiger partial charge in [0.05, 0.1) is 26.2 Å². The van der Waals surface area contributed by atoms with Gasteiger partial charge in [-0.1, -0.05) is 67.4 Å². The third-order valence-electron chi connectivity index (χ3n) is 6.28. The molecule has 0 aliphatic heterocycles. The maximum atomic E-state index is 12.0. The van der Waals surface area contributed by atoms with Gasteiger partial charge in [-0.2, -0.15) is 0 Å². The predicted octanol–water partition coefficient (Wildman–Crippen LogP) is 6.92. The van der Waals surface area contributed by atoms with Crippen LogP contribution in [0.3, 0.4) is 0 Å². The number of benzene rings is 3. The first-order chi connectivity index (χ1) is 16.6. The molecule has 1 heterocycles. The van der Waals surface area contributed by atoms with Crippen LogP contribution in [0.4, 0.5) is 0 Å². The lowest BCUT2D eigenvalue weighted by atomic mass is 9.94. The molecule has 3 aromatic carbocycles. The van der Waals surface area contributed by atoms with E-state index >= 15 is 0 Å². The summed E-state index contributed by atoms with van der Waals surface area (Å²) in [5, 5.41) is 12.1. The minimum Gasteiger partial charge on any atom is -0.384 e. The summed E-state index contributed by atoms with van der Waals surface area (Å²) in [7, 11) is -3.31. The zero-order chi connectivity index (χ0) is 25.4. The molecule has 0 saturated heterocycles. The van der Waals surface area contributed by atoms with Crippen LogP contribution in [-0.2, 0) is 15.4 Å². The maximum absolute atomic E-state index is 12.0. The van der Waals surface area contributed by atoms with Crippen molar-refractivity contribution in [2.45, 2.75) is 37.2 Å². The molecule has 0 radical (unpaired) electrons. The second kappa shape index (κ2) is 9.78. The Balaban J connectivity index is 1.85. The highest BCUT2D eigenvalue weighted by Gasteiger charge is 2.30. The molecule has 5 nitrogen and oxygen atoms in total. The molecule has 0 unspecified atom stereocenters. The number of rotatable bonds is 7. The Labute approximate surface area is 215 Å². The van der Waals surface area contributed by atoms with E-state index in [-0.39, 0.29) is 4.90 Å². The topological polar surface area (TPSA) is 72.2 Å². The van der Waals surface area contributed by atoms with Gasteiger partial charge in [0.25, 0.3) is 0 Å². The van der Waals surface area contributed by atoms with Gasteiger partial charge in [0.2, 0.25) is 0 Å². The zero-order valence-corrected chi connectivity index (χ0v) is 22.0. The Morgan fingerprint density at radius 2 is 1.51 bits per heavy atom. The molecule has 1 N–H and O–H groups in total. The molecule has 0 amide bonds. The first-order valence-electron chi connectivity index (χ1n) is 11.2. The van der Waals surface area contributed by atoms with Crippen LogP contribution < -0.4 is 0 Å². The van der Waals surface area contributed by atoms with Crippen LogP contribution in [0.15, 0.2) is 77.8 Å². The Morgan fingerprint density at radius 3 is 2.09 bits per heavy atom. The van der Waals surface area contributed by atoms with Crippen molar-refractivity contribution in [1.29, 1.82) is 0 Å². The van der Waals surface area contributed by atoms with Gasteiger partial charge in [0.1, 0.15) is 11.4 Å². The number of aliphatic hydroxyl groups is 1. The lowest BCUT2D eigenvalue weighted by molar-refractivity contribution is 0.0244. The van der Waals surface area contributed by atoms with Crippen LogP contribution in [0.5, 0.6) is 0 Å². The molecule has 4 rings (SSSR count). The van der Waals surface area contributed by atoms with Crippen LogP contribution in [0.1, 0.15) is 32.4 Å². The number of hydrogen-bond donors (Lipinski definition) is 1. The molecular formula is C27H26Cl2N2O3S. The normalized spacial score (nSPS) is 12.2. The van der Waals surface area contributed by atoms with Gasteiger partial charge in [0.15, 0.2) is 9.84 Å². The minimum absolute atomic E-state index is 0.271. The lowest BCUT2D eigenvalue weighted by Crippen LogP contribution is -2.23. The van der Waals surface area contributed by atoms with Gasteiger partial charge in [-0.25, -0.2) is 13.4 Å². The summed E-state index contributed by atoms with van der Waals surface area (Å²) in [5.41, 5.74) is 2.51. The fraction of sp³-hybridized carbons (Fsp3) is 0.222. The summed E-state index contributed by atoms with van der Waals surface area (Å²) in [4.78, 5) is 5.06. The van der Waals surface area contributed by atoms with Crippen LogP contribution >= 0.6 is 23.2 Å². The first kappa shape index (κ1) is 25.5. The average Bonchev–Trinajstić information content (AvgIpc) is 3.29. The number of nitrogens with zero attached hydrogens (tertiary/aromatic N) is 2. The molecule has 182 valence electrons. The van der Waals surface area contributed by atoms with Crippen molar-refractivity contribution in [3.63, 3.8) is 0 Å². The SMILES string of the molecule is CCC(O)(CC)c1cn(-c2ccc(-c3cccc(S(C)(=O)=O)c3)cc2)c(-c2c(Cl)cccc2Cl)n1. The van der Waals surface area contributed by atoms with E-state index in [0.717, 1.165) is 16.8 Å². The van der Waals surface area contributed by atoms with Crippen LogP contribution in [0.2, 0.25) is 10.0 Å². The summed E-state index contributed by atoms with van der Waals surface area (Å²) in [6.07, 6.45) is 4.03. The molecule has 0 aliphatic rings. The molecule has 0 bridgehead atoms. The monoisotopic (exact) mass is 528 g/mol. The minimum atomic E-state index is -3.31. The van der Waals surface area contributed by atoms with Crippen molar-refractivity contribution >= 4 is 33.0 Å². The number of imidazole rings is 1. The average molecular weight is 529 g/mol. The highest BCUT2D eigenvalue weighted by atomic mass is 35.5. The Morgan fingerprint density at radius 1 is 0.914 bits per heavy atom. The third kappa shape index (κ3) is 5.02. The summed E-state index contributed by atoms with van der Waals surface area (Å²) in [6, 6.07) is 19.8. The first-order valence-corrected chi connectivity index (χ1v) is 13.9. The van der Waals surface area contributed by atoms with E-state index in [9.17, 15) is 13.5 Å². The highest BCUT2D eigenvalue weighted by molar-refractivity contribution is 7.90. The van der Waals surface area contributed by atoms with Gasteiger partial charge in [-0.05, 0) is 60.4 Å². The second-order valence-electron chi connectivity index (χ2n) is 8.50. The van der Waals surface area contributed by atoms with E-state index in [1.54, 1.807) is 36.4 Å². The summed E-state index contributed by atoms with van der Waals surface area (Å²) in [5.74, 6) is 0.530. The van der Waals surface area contributed by atoms with E-state index in [1.165, 1.54) is 6.26 Å². The van der Waals surface area contributed by atoms with Gasteiger partial charge in [-0.3, -0.25) is 4.57 Å². The van der Waals surface area contributed by atoms with Crippen molar-refractivity contribution in [1.82, 2.24) is 9.55 Å². The summed E-state index contributed by atoms with van der Waals surface area (Å²) < 4.78 is 25.8. The molecule has 0 aliphatic carbocycles. The quantitative estimate of drug-likeness (QED) is 0.282. The number of hydrogen-bond acceptors (Lipinski definition) is 4. The molecule has 0 spiro atoms. The van der Waals surface area contributed by atoms with Gasteiger partial charge >= 0.3 is 0 Å². The standard InChI is InChI=1S/C27H26Cl2N2O3S/c1-4-27(32,5-2)24-17-31(26(30-24)25-22(28)10-7-11-23(25)29)20-14-12-18(13-15-20)19-8-6-9-21(16-19)35(3,33)34/h6-17,32H,4-5H2,1-3H3. The third-order valence-corrected chi connectivity index (χ3v) is 8.02. The predicted molar refractivity (Wildman–Crippen MR) is 142 cm³/mol. The Kier molecular flexibility index (Phi) is 7.11. The fourth-order valence-electron chi connectivity index (χ4n) is 4.02. The summed E-state index contributed by atoms with van der Waals surface area (Å²) >= 11 is 13.0. The molecule has 0 atom stereocenters. The number of aromatic nitrogens is 2. The van der Waals surface area contributed by atoms with Crippen LogP contribution in [-0.4, -0.2) is 29.3 Å². The lowest BCUT2D eigenvalue weighted by Gasteiger charge is -2.22. The zero-order valence-electron chi connectivity index (χ0n) is 19.7. The van der Waals surface area contributed by atoms with E-state index in [2.05, 4.69) is 0 Å². The van der Waals surface area contributed by atoms with Gasteiger partial charge < -0.3 is 5.11 Å². The highest BCUT2D eigenvalue weighted by Crippen LogP contribution is 2.38. The summed E-state index contributed by atoms with van der Waals surface area (Å²) in [6.45, 7) is 3.84. The fourth-order valence-corrected chi connectivity index (χ4v) is 5.26. The van der Waals surface area contributed by atoms with E-state index in [0.29, 0.717) is 40.0 Å². The molecule has 1 aromatic heterocycles. The van der Waals surface area contributed by atoms with Crippen molar-refractivity contribution in [2.75, 3.05) is 6.26 Å². The van der Waals surface area contributed by atoms with Crippen molar-refractivity contribution in [2.24, 2.45) is 0 Å². The molecule has 0 fully saturated rings. The molecule has 8 heteroatoms.